The topological polar surface area (TPSA) is 98.6 Å². The summed E-state index contributed by atoms with van der Waals surface area (Å²) in [7, 11) is 0. The number of aryl methyl sites for hydroxylation is 1. The molecule has 1 unspecified atom stereocenters. The fourth-order valence-corrected chi connectivity index (χ4v) is 3.37. The van der Waals surface area contributed by atoms with Crippen LogP contribution in [0.25, 0.3) is 22.2 Å². The molecule has 0 fully saturated rings. The number of nitrogens with two attached hydrogens (primary N) is 1. The molecule has 160 valence electrons. The maximum Gasteiger partial charge on any atom is 0.290 e. The number of fused-ring (bicyclic) bond motifs is 1. The highest BCUT2D eigenvalue weighted by Gasteiger charge is 2.13. The van der Waals surface area contributed by atoms with Gasteiger partial charge in [-0.05, 0) is 60.9 Å². The molecule has 3 N–H and O–H groups in total. The number of nitrogens with zero attached hydrogens (tertiary/aromatic N) is 1. The Hall–Kier alpha value is -3.64. The van der Waals surface area contributed by atoms with Crippen LogP contribution in [0.5, 0.6) is 5.75 Å². The van der Waals surface area contributed by atoms with E-state index in [-0.39, 0.29) is 12.5 Å². The van der Waals surface area contributed by atoms with Crippen LogP contribution in [-0.4, -0.2) is 16.6 Å². The summed E-state index contributed by atoms with van der Waals surface area (Å²) in [6, 6.07) is 20.1. The van der Waals surface area contributed by atoms with E-state index in [1.165, 1.54) is 5.56 Å². The molecule has 31 heavy (non-hydrogen) atoms. The van der Waals surface area contributed by atoms with Crippen LogP contribution in [0.4, 0.5) is 0 Å². The van der Waals surface area contributed by atoms with Crippen LogP contribution in [0.3, 0.4) is 0 Å². The highest BCUT2D eigenvalue weighted by Crippen LogP contribution is 2.31. The van der Waals surface area contributed by atoms with Crippen molar-refractivity contribution in [3.8, 4) is 17.0 Å². The van der Waals surface area contributed by atoms with Gasteiger partial charge in [0.05, 0.1) is 17.7 Å². The number of aromatic nitrogens is 1. The van der Waals surface area contributed by atoms with Crippen molar-refractivity contribution in [2.75, 3.05) is 0 Å². The van der Waals surface area contributed by atoms with E-state index in [1.807, 2.05) is 49.4 Å². The maximum absolute atomic E-state index is 8.36. The molecule has 2 heterocycles. The molecular formula is C25H26N2O4. The number of pyridine rings is 1. The third-order valence-corrected chi connectivity index (χ3v) is 4.87. The van der Waals surface area contributed by atoms with E-state index < -0.39 is 0 Å². The number of furan rings is 1. The Morgan fingerprint density at radius 1 is 1.16 bits per heavy atom. The van der Waals surface area contributed by atoms with Gasteiger partial charge in [-0.3, -0.25) is 9.78 Å². The second-order valence-corrected chi connectivity index (χ2v) is 7.07. The molecule has 0 saturated carbocycles. The summed E-state index contributed by atoms with van der Waals surface area (Å²) in [5.41, 5.74) is 11.8. The maximum atomic E-state index is 8.36. The van der Waals surface area contributed by atoms with Gasteiger partial charge in [0.1, 0.15) is 17.9 Å². The van der Waals surface area contributed by atoms with Crippen molar-refractivity contribution in [3.05, 3.63) is 83.7 Å². The number of carboxylic acid groups (broad SMARTS) is 1. The predicted molar refractivity (Wildman–Crippen MR) is 121 cm³/mol. The zero-order valence-corrected chi connectivity index (χ0v) is 17.6. The number of hydrogen-bond acceptors (Lipinski definition) is 5. The molecule has 0 radical (unpaired) electrons. The lowest BCUT2D eigenvalue weighted by Gasteiger charge is -2.12. The molecule has 4 aromatic rings. The van der Waals surface area contributed by atoms with Crippen LogP contribution in [-0.2, 0) is 17.8 Å². The Bertz CT molecular complexity index is 1150. The fraction of sp³-hybridized carbons (Fsp3) is 0.200. The zero-order chi connectivity index (χ0) is 22.2. The van der Waals surface area contributed by atoms with Gasteiger partial charge >= 0.3 is 0 Å². The van der Waals surface area contributed by atoms with Crippen molar-refractivity contribution < 1.29 is 19.1 Å². The fourth-order valence-electron chi connectivity index (χ4n) is 3.37. The van der Waals surface area contributed by atoms with Crippen LogP contribution < -0.4 is 10.5 Å². The molecule has 0 spiro atoms. The molecule has 4 rings (SSSR count). The molecule has 2 aromatic heterocycles. The second-order valence-electron chi connectivity index (χ2n) is 7.07. The Morgan fingerprint density at radius 2 is 1.94 bits per heavy atom. The molecule has 0 aliphatic heterocycles. The molecule has 1 atom stereocenters. The van der Waals surface area contributed by atoms with Gasteiger partial charge in [0.25, 0.3) is 6.47 Å². The standard InChI is InChI=1S/C24H24N2O2.CH2O2/c1-3-18-7-4-5-10-23(18)28-15-17-13-19-11-12-27-24(19)20(14-17)22-9-6-8-21(26-22)16(2)25;2-1-3/h4-14,16H,3,15,25H2,1-2H3;1H,(H,2,3). The quantitative estimate of drug-likeness (QED) is 0.409. The summed E-state index contributed by atoms with van der Waals surface area (Å²) >= 11 is 0. The lowest BCUT2D eigenvalue weighted by molar-refractivity contribution is -0.122. The molecular weight excluding hydrogens is 392 g/mol. The van der Waals surface area contributed by atoms with Gasteiger partial charge < -0.3 is 20.0 Å². The average Bonchev–Trinajstić information content (AvgIpc) is 3.26. The minimum Gasteiger partial charge on any atom is -0.489 e. The first-order chi connectivity index (χ1) is 15.1. The molecule has 2 aromatic carbocycles. The summed E-state index contributed by atoms with van der Waals surface area (Å²) in [6.45, 7) is 4.30. The monoisotopic (exact) mass is 418 g/mol. The third-order valence-electron chi connectivity index (χ3n) is 4.87. The summed E-state index contributed by atoms with van der Waals surface area (Å²) in [5.74, 6) is 0.927. The Morgan fingerprint density at radius 3 is 2.68 bits per heavy atom. The van der Waals surface area contributed by atoms with Crippen molar-refractivity contribution >= 4 is 17.4 Å². The van der Waals surface area contributed by atoms with Gasteiger partial charge in [-0.1, -0.05) is 31.2 Å². The smallest absolute Gasteiger partial charge is 0.290 e. The van der Waals surface area contributed by atoms with Gasteiger partial charge in [0.2, 0.25) is 0 Å². The predicted octanol–water partition coefficient (Wildman–Crippen LogP) is 5.36. The van der Waals surface area contributed by atoms with E-state index in [1.54, 1.807) is 6.26 Å². The van der Waals surface area contributed by atoms with Crippen molar-refractivity contribution in [1.29, 1.82) is 0 Å². The van der Waals surface area contributed by atoms with Gasteiger partial charge in [-0.25, -0.2) is 0 Å². The van der Waals surface area contributed by atoms with Crippen LogP contribution in [0.2, 0.25) is 0 Å². The number of hydrogen-bond donors (Lipinski definition) is 2. The summed E-state index contributed by atoms with van der Waals surface area (Å²) in [5, 5.41) is 7.92. The van der Waals surface area contributed by atoms with Crippen molar-refractivity contribution in [3.63, 3.8) is 0 Å². The molecule has 0 saturated heterocycles. The number of ether oxygens (including phenoxy) is 1. The van der Waals surface area contributed by atoms with E-state index >= 15 is 0 Å². The van der Waals surface area contributed by atoms with E-state index in [2.05, 4.69) is 25.1 Å². The Labute approximate surface area is 181 Å². The summed E-state index contributed by atoms with van der Waals surface area (Å²) < 4.78 is 11.9. The normalized spacial score (nSPS) is 11.5. The number of carbonyl (C=O) groups is 1. The SMILES string of the molecule is CCc1ccccc1OCc1cc(-c2cccc(C(C)N)n2)c2occc2c1.O=CO. The second kappa shape index (κ2) is 10.4. The first-order valence-electron chi connectivity index (χ1n) is 10.1. The summed E-state index contributed by atoms with van der Waals surface area (Å²) in [4.78, 5) is 13.1. The van der Waals surface area contributed by atoms with Crippen molar-refractivity contribution in [2.24, 2.45) is 5.73 Å². The molecule has 6 heteroatoms. The van der Waals surface area contributed by atoms with E-state index in [9.17, 15) is 0 Å². The first-order valence-corrected chi connectivity index (χ1v) is 10.1. The molecule has 0 aliphatic rings. The van der Waals surface area contributed by atoms with Crippen molar-refractivity contribution in [1.82, 2.24) is 4.98 Å². The van der Waals surface area contributed by atoms with Gasteiger partial charge in [-0.2, -0.15) is 0 Å². The van der Waals surface area contributed by atoms with E-state index in [4.69, 9.17) is 29.8 Å². The molecule has 0 amide bonds. The minimum atomic E-state index is -0.250. The Kier molecular flexibility index (Phi) is 7.40. The van der Waals surface area contributed by atoms with Crippen LogP contribution >= 0.6 is 0 Å². The minimum absolute atomic E-state index is 0.121. The zero-order valence-electron chi connectivity index (χ0n) is 17.6. The lowest BCUT2D eigenvalue weighted by atomic mass is 10.0. The van der Waals surface area contributed by atoms with E-state index in [0.717, 1.165) is 45.7 Å². The number of benzene rings is 2. The highest BCUT2D eigenvalue weighted by atomic mass is 16.5. The third kappa shape index (κ3) is 5.29. The van der Waals surface area contributed by atoms with Gasteiger partial charge in [0.15, 0.2) is 0 Å². The largest absolute Gasteiger partial charge is 0.489 e. The average molecular weight is 418 g/mol. The van der Waals surface area contributed by atoms with Gasteiger partial charge in [0, 0.05) is 17.0 Å². The summed E-state index contributed by atoms with van der Waals surface area (Å²) in [6.07, 6.45) is 2.65. The van der Waals surface area contributed by atoms with Gasteiger partial charge in [-0.15, -0.1) is 0 Å². The number of para-hydroxylation sites is 1. The molecule has 6 nitrogen and oxygen atoms in total. The molecule has 0 bridgehead atoms. The number of rotatable bonds is 6. The van der Waals surface area contributed by atoms with E-state index in [0.29, 0.717) is 6.61 Å². The van der Waals surface area contributed by atoms with Crippen LogP contribution in [0.15, 0.2) is 71.3 Å². The van der Waals surface area contributed by atoms with Crippen molar-refractivity contribution in [2.45, 2.75) is 32.9 Å². The first kappa shape index (κ1) is 22.1. The highest BCUT2D eigenvalue weighted by molar-refractivity contribution is 5.92. The van der Waals surface area contributed by atoms with Crippen LogP contribution in [0.1, 0.15) is 36.7 Å². The Balaban J connectivity index is 0.000000858. The lowest BCUT2D eigenvalue weighted by Crippen LogP contribution is -2.07. The molecule has 0 aliphatic carbocycles. The van der Waals surface area contributed by atoms with Crippen LogP contribution in [0, 0.1) is 0 Å².